The van der Waals surface area contributed by atoms with Crippen molar-refractivity contribution < 1.29 is 4.74 Å². The molecule has 0 atom stereocenters. The molecule has 0 fully saturated rings. The van der Waals surface area contributed by atoms with Gasteiger partial charge in [-0.1, -0.05) is 0 Å². The van der Waals surface area contributed by atoms with Gasteiger partial charge in [-0.25, -0.2) is 4.98 Å². The predicted octanol–water partition coefficient (Wildman–Crippen LogP) is 3.53. The number of hydrogen-bond acceptors (Lipinski definition) is 3. The lowest BCUT2D eigenvalue weighted by Crippen LogP contribution is -2.17. The van der Waals surface area contributed by atoms with Gasteiger partial charge in [0.05, 0.1) is 13.4 Å². The first-order valence-electron chi connectivity index (χ1n) is 7.01. The Bertz CT molecular complexity index is 521. The van der Waals surface area contributed by atoms with Gasteiger partial charge in [0.1, 0.15) is 5.75 Å². The summed E-state index contributed by atoms with van der Waals surface area (Å²) in [7, 11) is 1.71. The quantitative estimate of drug-likeness (QED) is 0.780. The van der Waals surface area contributed by atoms with Gasteiger partial charge in [0, 0.05) is 25.5 Å². The lowest BCUT2D eigenvalue weighted by Gasteiger charge is -2.13. The summed E-state index contributed by atoms with van der Waals surface area (Å²) in [4.78, 5) is 4.04. The molecular weight excluding hydrogens is 321 g/mol. The highest BCUT2D eigenvalue weighted by Gasteiger charge is 2.05. The average molecular weight is 346 g/mol. The predicted molar refractivity (Wildman–Crippen MR) is 95.5 cm³/mol. The van der Waals surface area contributed by atoms with Crippen LogP contribution in [0.2, 0.25) is 0 Å². The van der Waals surface area contributed by atoms with E-state index in [-0.39, 0.29) is 24.8 Å². The van der Waals surface area contributed by atoms with Gasteiger partial charge in [0.15, 0.2) is 0 Å². The maximum Gasteiger partial charge on any atom is 0.119 e. The number of imidazole rings is 1. The Morgan fingerprint density at radius 3 is 2.41 bits per heavy atom. The molecular formula is C16H25Cl2N3O. The zero-order valence-electron chi connectivity index (χ0n) is 13.3. The van der Waals surface area contributed by atoms with Crippen molar-refractivity contribution in [3.8, 4) is 5.75 Å². The summed E-state index contributed by atoms with van der Waals surface area (Å²) in [6, 6.07) is 4.19. The van der Waals surface area contributed by atoms with Crippen LogP contribution >= 0.6 is 24.8 Å². The summed E-state index contributed by atoms with van der Waals surface area (Å²) in [5.41, 5.74) is 3.93. The van der Waals surface area contributed by atoms with E-state index in [2.05, 4.69) is 40.8 Å². The molecule has 0 bridgehead atoms. The van der Waals surface area contributed by atoms with Crippen molar-refractivity contribution in [1.29, 1.82) is 0 Å². The van der Waals surface area contributed by atoms with Gasteiger partial charge in [0.25, 0.3) is 0 Å². The number of nitrogens with one attached hydrogen (secondary N) is 1. The number of aromatic nitrogens is 2. The molecule has 0 amide bonds. The fraction of sp³-hybridized carbons (Fsp3) is 0.438. The molecule has 0 radical (unpaired) electrons. The van der Waals surface area contributed by atoms with Crippen molar-refractivity contribution in [3.05, 3.63) is 47.5 Å². The topological polar surface area (TPSA) is 39.1 Å². The molecule has 1 aromatic heterocycles. The Morgan fingerprint density at radius 1 is 1.18 bits per heavy atom. The largest absolute Gasteiger partial charge is 0.497 e. The van der Waals surface area contributed by atoms with E-state index < -0.39 is 0 Å². The van der Waals surface area contributed by atoms with E-state index in [0.717, 1.165) is 31.8 Å². The van der Waals surface area contributed by atoms with E-state index >= 15 is 0 Å². The first kappa shape index (κ1) is 20.8. The molecule has 0 spiro atoms. The first-order chi connectivity index (χ1) is 9.70. The van der Waals surface area contributed by atoms with Gasteiger partial charge >= 0.3 is 0 Å². The summed E-state index contributed by atoms with van der Waals surface area (Å²) >= 11 is 0. The molecule has 0 aliphatic carbocycles. The molecule has 0 unspecified atom stereocenters. The highest BCUT2D eigenvalue weighted by Crippen LogP contribution is 2.21. The van der Waals surface area contributed by atoms with Crippen molar-refractivity contribution in [2.45, 2.75) is 33.4 Å². The summed E-state index contributed by atoms with van der Waals surface area (Å²) in [5.74, 6) is 0.934. The van der Waals surface area contributed by atoms with E-state index in [4.69, 9.17) is 4.74 Å². The Hall–Kier alpha value is -1.23. The minimum atomic E-state index is 0. The third-order valence-corrected chi connectivity index (χ3v) is 3.54. The van der Waals surface area contributed by atoms with Gasteiger partial charge in [-0.3, -0.25) is 0 Å². The van der Waals surface area contributed by atoms with Crippen LogP contribution in [0.15, 0.2) is 30.9 Å². The fourth-order valence-electron chi connectivity index (χ4n) is 2.37. The van der Waals surface area contributed by atoms with Gasteiger partial charge in [0.2, 0.25) is 0 Å². The van der Waals surface area contributed by atoms with Crippen molar-refractivity contribution in [3.63, 3.8) is 0 Å². The molecule has 22 heavy (non-hydrogen) atoms. The molecule has 0 aliphatic heterocycles. The number of rotatable bonds is 7. The maximum absolute atomic E-state index is 5.29. The van der Waals surface area contributed by atoms with Gasteiger partial charge in [-0.05, 0) is 55.6 Å². The summed E-state index contributed by atoms with van der Waals surface area (Å²) in [6.07, 6.45) is 6.78. The highest BCUT2D eigenvalue weighted by molar-refractivity contribution is 5.85. The van der Waals surface area contributed by atoms with Crippen molar-refractivity contribution in [1.82, 2.24) is 14.9 Å². The Balaban J connectivity index is 0.00000220. The van der Waals surface area contributed by atoms with E-state index in [1.165, 1.54) is 16.7 Å². The molecule has 124 valence electrons. The molecule has 1 N–H and O–H groups in total. The maximum atomic E-state index is 5.29. The normalized spacial score (nSPS) is 9.77. The monoisotopic (exact) mass is 345 g/mol. The lowest BCUT2D eigenvalue weighted by molar-refractivity contribution is 0.414. The summed E-state index contributed by atoms with van der Waals surface area (Å²) in [6.45, 7) is 7.19. The average Bonchev–Trinajstić information content (AvgIpc) is 2.94. The minimum Gasteiger partial charge on any atom is -0.497 e. The number of aryl methyl sites for hydroxylation is 3. The van der Waals surface area contributed by atoms with Gasteiger partial charge in [-0.15, -0.1) is 24.8 Å². The van der Waals surface area contributed by atoms with Gasteiger partial charge in [-0.2, -0.15) is 0 Å². The van der Waals surface area contributed by atoms with Crippen LogP contribution in [0, 0.1) is 13.8 Å². The van der Waals surface area contributed by atoms with Crippen LogP contribution in [0.3, 0.4) is 0 Å². The van der Waals surface area contributed by atoms with E-state index in [1.807, 2.05) is 18.7 Å². The SMILES string of the molecule is COc1cc(C)c(CNCCCn2ccnc2)c(C)c1.Cl.Cl. The van der Waals surface area contributed by atoms with Crippen LogP contribution in [-0.4, -0.2) is 23.2 Å². The van der Waals surface area contributed by atoms with E-state index in [1.54, 1.807) is 7.11 Å². The first-order valence-corrected chi connectivity index (χ1v) is 7.01. The number of hydrogen-bond donors (Lipinski definition) is 1. The Labute approximate surface area is 145 Å². The highest BCUT2D eigenvalue weighted by atomic mass is 35.5. The third kappa shape index (κ3) is 5.87. The van der Waals surface area contributed by atoms with Gasteiger partial charge < -0.3 is 14.6 Å². The number of benzene rings is 1. The van der Waals surface area contributed by atoms with Crippen molar-refractivity contribution in [2.24, 2.45) is 0 Å². The minimum absolute atomic E-state index is 0. The Kier molecular flexibility index (Phi) is 9.90. The van der Waals surface area contributed by atoms with Crippen LogP contribution in [0.5, 0.6) is 5.75 Å². The molecule has 0 saturated heterocycles. The zero-order valence-corrected chi connectivity index (χ0v) is 15.0. The molecule has 1 aromatic carbocycles. The molecule has 0 saturated carbocycles. The molecule has 0 aliphatic rings. The van der Waals surface area contributed by atoms with Crippen LogP contribution < -0.4 is 10.1 Å². The van der Waals surface area contributed by atoms with Crippen molar-refractivity contribution in [2.75, 3.05) is 13.7 Å². The second kappa shape index (κ2) is 10.5. The molecule has 4 nitrogen and oxygen atoms in total. The Morgan fingerprint density at radius 2 is 1.86 bits per heavy atom. The van der Waals surface area contributed by atoms with Crippen LogP contribution in [-0.2, 0) is 13.1 Å². The smallest absolute Gasteiger partial charge is 0.119 e. The third-order valence-electron chi connectivity index (χ3n) is 3.54. The number of ether oxygens (including phenoxy) is 1. The fourth-order valence-corrected chi connectivity index (χ4v) is 2.37. The molecule has 6 heteroatoms. The lowest BCUT2D eigenvalue weighted by atomic mass is 10.0. The summed E-state index contributed by atoms with van der Waals surface area (Å²) in [5, 5.41) is 3.51. The van der Waals surface area contributed by atoms with Crippen molar-refractivity contribution >= 4 is 24.8 Å². The van der Waals surface area contributed by atoms with E-state index in [0.29, 0.717) is 0 Å². The summed E-state index contributed by atoms with van der Waals surface area (Å²) < 4.78 is 7.39. The number of methoxy groups -OCH3 is 1. The number of halogens is 2. The second-order valence-corrected chi connectivity index (χ2v) is 5.07. The van der Waals surface area contributed by atoms with Crippen LogP contribution in [0.1, 0.15) is 23.1 Å². The number of nitrogens with zero attached hydrogens (tertiary/aromatic N) is 2. The molecule has 1 heterocycles. The van der Waals surface area contributed by atoms with E-state index in [9.17, 15) is 0 Å². The van der Waals surface area contributed by atoms with Crippen LogP contribution in [0.25, 0.3) is 0 Å². The molecule has 2 aromatic rings. The van der Waals surface area contributed by atoms with Crippen LogP contribution in [0.4, 0.5) is 0 Å². The molecule has 2 rings (SSSR count). The standard InChI is InChI=1S/C16H23N3O.2ClH/c1-13-9-15(20-3)10-14(2)16(13)11-17-5-4-7-19-8-6-18-12-19;;/h6,8-10,12,17H,4-5,7,11H2,1-3H3;2*1H. The second-order valence-electron chi connectivity index (χ2n) is 5.07. The zero-order chi connectivity index (χ0) is 14.4.